The van der Waals surface area contributed by atoms with Crippen LogP contribution >= 0.6 is 11.6 Å². The summed E-state index contributed by atoms with van der Waals surface area (Å²) in [5.41, 5.74) is 0.530. The fraction of sp³-hybridized carbons (Fsp3) is 0.692. The van der Waals surface area contributed by atoms with Crippen molar-refractivity contribution in [3.05, 3.63) is 17.0 Å². The minimum absolute atomic E-state index is 0.200. The predicted octanol–water partition coefficient (Wildman–Crippen LogP) is 1.50. The lowest BCUT2D eigenvalue weighted by Crippen LogP contribution is -2.33. The zero-order valence-corrected chi connectivity index (χ0v) is 12.8. The fourth-order valence-corrected chi connectivity index (χ4v) is 1.94. The summed E-state index contributed by atoms with van der Waals surface area (Å²) >= 11 is 6.00. The van der Waals surface area contributed by atoms with Crippen molar-refractivity contribution in [1.82, 2.24) is 9.97 Å². The van der Waals surface area contributed by atoms with Gasteiger partial charge in [-0.05, 0) is 13.8 Å². The van der Waals surface area contributed by atoms with E-state index in [1.54, 1.807) is 0 Å². The molecule has 0 aliphatic heterocycles. The molecule has 20 heavy (non-hydrogen) atoms. The average Bonchev–Trinajstić information content (AvgIpc) is 2.46. The Kier molecular flexibility index (Phi) is 8.45. The van der Waals surface area contributed by atoms with Gasteiger partial charge in [-0.2, -0.15) is 0 Å². The molecule has 7 heteroatoms. The van der Waals surface area contributed by atoms with Crippen LogP contribution in [0.4, 0.5) is 5.82 Å². The number of anilines is 1. The highest BCUT2D eigenvalue weighted by Gasteiger charge is 2.15. The molecule has 1 N–H and O–H groups in total. The highest BCUT2D eigenvalue weighted by molar-refractivity contribution is 6.30. The molecular weight excluding hydrogens is 282 g/mol. The molecule has 1 aromatic heterocycles. The zero-order valence-electron chi connectivity index (χ0n) is 12.0. The largest absolute Gasteiger partial charge is 0.391 e. The first-order valence-corrected chi connectivity index (χ1v) is 7.13. The van der Waals surface area contributed by atoms with E-state index >= 15 is 0 Å². The maximum Gasteiger partial charge on any atom is 0.140 e. The topological polar surface area (TPSA) is 67.7 Å². The SMILES string of the molecule is CCOCCN(CCOCC)c1ncnc(Cl)c1CO. The number of aromatic nitrogens is 2. The first-order valence-electron chi connectivity index (χ1n) is 6.75. The molecule has 114 valence electrons. The van der Waals surface area contributed by atoms with Crippen LogP contribution in [0.1, 0.15) is 19.4 Å². The summed E-state index contributed by atoms with van der Waals surface area (Å²) in [6.07, 6.45) is 1.39. The van der Waals surface area contributed by atoms with Gasteiger partial charge in [0.2, 0.25) is 0 Å². The molecule has 0 aliphatic rings. The Balaban J connectivity index is 2.81. The maximum atomic E-state index is 9.44. The summed E-state index contributed by atoms with van der Waals surface area (Å²) in [6, 6.07) is 0. The summed E-state index contributed by atoms with van der Waals surface area (Å²) in [4.78, 5) is 10.1. The van der Waals surface area contributed by atoms with Crippen LogP contribution in [0.5, 0.6) is 0 Å². The Morgan fingerprint density at radius 3 is 2.25 bits per heavy atom. The third kappa shape index (κ3) is 5.20. The highest BCUT2D eigenvalue weighted by Crippen LogP contribution is 2.23. The van der Waals surface area contributed by atoms with Gasteiger partial charge in [0, 0.05) is 26.3 Å². The van der Waals surface area contributed by atoms with Gasteiger partial charge >= 0.3 is 0 Å². The molecule has 1 heterocycles. The number of ether oxygens (including phenoxy) is 2. The van der Waals surface area contributed by atoms with E-state index in [2.05, 4.69) is 9.97 Å². The molecule has 1 aromatic rings. The van der Waals surface area contributed by atoms with Crippen LogP contribution in [0, 0.1) is 0 Å². The Morgan fingerprint density at radius 1 is 1.15 bits per heavy atom. The number of aliphatic hydroxyl groups is 1. The molecule has 0 unspecified atom stereocenters. The Morgan fingerprint density at radius 2 is 1.75 bits per heavy atom. The second kappa shape index (κ2) is 9.88. The van der Waals surface area contributed by atoms with Crippen molar-refractivity contribution in [3.8, 4) is 0 Å². The summed E-state index contributed by atoms with van der Waals surface area (Å²) < 4.78 is 10.7. The molecule has 0 radical (unpaired) electrons. The van der Waals surface area contributed by atoms with Crippen molar-refractivity contribution in [2.75, 3.05) is 44.4 Å². The third-order valence-electron chi connectivity index (χ3n) is 2.75. The van der Waals surface area contributed by atoms with Gasteiger partial charge in [0.05, 0.1) is 25.4 Å². The van der Waals surface area contributed by atoms with Gasteiger partial charge in [-0.15, -0.1) is 0 Å². The standard InChI is InChI=1S/C13H22ClN3O3/c1-3-19-7-5-17(6-8-20-4-2)13-11(9-18)12(14)15-10-16-13/h10,18H,3-9H2,1-2H3. The van der Waals surface area contributed by atoms with Crippen molar-refractivity contribution in [3.63, 3.8) is 0 Å². The number of hydrogen-bond donors (Lipinski definition) is 1. The van der Waals surface area contributed by atoms with Crippen LogP contribution in [0.2, 0.25) is 5.15 Å². The van der Waals surface area contributed by atoms with Crippen LogP contribution in [0.15, 0.2) is 6.33 Å². The second-order valence-electron chi connectivity index (χ2n) is 4.01. The van der Waals surface area contributed by atoms with E-state index in [-0.39, 0.29) is 11.8 Å². The Labute approximate surface area is 124 Å². The summed E-state index contributed by atoms with van der Waals surface area (Å²) in [6.45, 7) is 7.49. The van der Waals surface area contributed by atoms with Gasteiger partial charge in [0.1, 0.15) is 17.3 Å². The molecule has 0 fully saturated rings. The van der Waals surface area contributed by atoms with E-state index in [4.69, 9.17) is 21.1 Å². The summed E-state index contributed by atoms with van der Waals surface area (Å²) in [5, 5.41) is 9.71. The number of aliphatic hydroxyl groups excluding tert-OH is 1. The maximum absolute atomic E-state index is 9.44. The van der Waals surface area contributed by atoms with E-state index in [1.807, 2.05) is 18.7 Å². The van der Waals surface area contributed by atoms with Gasteiger partial charge in [-0.25, -0.2) is 9.97 Å². The van der Waals surface area contributed by atoms with Crippen molar-refractivity contribution >= 4 is 17.4 Å². The molecule has 0 aliphatic carbocycles. The predicted molar refractivity (Wildman–Crippen MR) is 78.2 cm³/mol. The van der Waals surface area contributed by atoms with Crippen LogP contribution in [0.25, 0.3) is 0 Å². The lowest BCUT2D eigenvalue weighted by Gasteiger charge is -2.25. The second-order valence-corrected chi connectivity index (χ2v) is 4.36. The van der Waals surface area contributed by atoms with Crippen LogP contribution in [-0.4, -0.2) is 54.6 Å². The molecule has 0 saturated heterocycles. The van der Waals surface area contributed by atoms with Crippen LogP contribution in [0.3, 0.4) is 0 Å². The number of halogens is 1. The van der Waals surface area contributed by atoms with Gasteiger partial charge < -0.3 is 19.5 Å². The fourth-order valence-electron chi connectivity index (χ4n) is 1.75. The summed E-state index contributed by atoms with van der Waals surface area (Å²) in [5.74, 6) is 0.631. The molecule has 1 rings (SSSR count). The molecule has 0 amide bonds. The van der Waals surface area contributed by atoms with Crippen molar-refractivity contribution < 1.29 is 14.6 Å². The molecule has 0 aromatic carbocycles. The molecule has 6 nitrogen and oxygen atoms in total. The van der Waals surface area contributed by atoms with E-state index in [1.165, 1.54) is 6.33 Å². The molecule has 0 saturated carbocycles. The Hall–Kier alpha value is -0.950. The zero-order chi connectivity index (χ0) is 14.8. The Bertz CT molecular complexity index is 383. The van der Waals surface area contributed by atoms with E-state index in [0.29, 0.717) is 50.9 Å². The number of nitrogens with zero attached hydrogens (tertiary/aromatic N) is 3. The van der Waals surface area contributed by atoms with E-state index < -0.39 is 0 Å². The monoisotopic (exact) mass is 303 g/mol. The molecule has 0 bridgehead atoms. The minimum Gasteiger partial charge on any atom is -0.391 e. The average molecular weight is 304 g/mol. The molecule has 0 atom stereocenters. The van der Waals surface area contributed by atoms with E-state index in [0.717, 1.165) is 0 Å². The van der Waals surface area contributed by atoms with Gasteiger partial charge in [-0.1, -0.05) is 11.6 Å². The van der Waals surface area contributed by atoms with Gasteiger partial charge in [-0.3, -0.25) is 0 Å². The van der Waals surface area contributed by atoms with Crippen LogP contribution < -0.4 is 4.90 Å². The minimum atomic E-state index is -0.200. The first-order chi connectivity index (χ1) is 9.74. The highest BCUT2D eigenvalue weighted by atomic mass is 35.5. The number of hydrogen-bond acceptors (Lipinski definition) is 6. The lowest BCUT2D eigenvalue weighted by atomic mass is 10.3. The summed E-state index contributed by atoms with van der Waals surface area (Å²) in [7, 11) is 0. The van der Waals surface area contributed by atoms with Crippen molar-refractivity contribution in [1.29, 1.82) is 0 Å². The third-order valence-corrected chi connectivity index (χ3v) is 3.07. The van der Waals surface area contributed by atoms with Crippen molar-refractivity contribution in [2.45, 2.75) is 20.5 Å². The van der Waals surface area contributed by atoms with Gasteiger partial charge in [0.25, 0.3) is 0 Å². The normalized spacial score (nSPS) is 10.8. The van der Waals surface area contributed by atoms with Gasteiger partial charge in [0.15, 0.2) is 0 Å². The first kappa shape index (κ1) is 17.1. The van der Waals surface area contributed by atoms with E-state index in [9.17, 15) is 5.11 Å². The van der Waals surface area contributed by atoms with Crippen molar-refractivity contribution in [2.24, 2.45) is 0 Å². The lowest BCUT2D eigenvalue weighted by molar-refractivity contribution is 0.141. The van der Waals surface area contributed by atoms with Crippen LogP contribution in [-0.2, 0) is 16.1 Å². The quantitative estimate of drug-likeness (QED) is 0.522. The smallest absolute Gasteiger partial charge is 0.140 e. The molecular formula is C13H22ClN3O3. The molecule has 0 spiro atoms. The number of rotatable bonds is 10.